The number of alkyl carbamates (subject to hydrolysis) is 1. The number of benzene rings is 1. The van der Waals surface area contributed by atoms with Gasteiger partial charge in [0.2, 0.25) is 41.6 Å². The molecular weight excluding hydrogens is 1890 g/mol. The number of aliphatic hydroxyl groups is 6. The topological polar surface area (TPSA) is 554 Å². The van der Waals surface area contributed by atoms with E-state index in [-0.39, 0.29) is 118 Å². The molecule has 20 N–H and O–H groups in total. The minimum absolute atomic E-state index is 0.00172. The van der Waals surface area contributed by atoms with E-state index in [1.54, 1.807) is 58.4 Å². The van der Waals surface area contributed by atoms with Crippen molar-refractivity contribution in [2.45, 2.75) is 285 Å². The van der Waals surface area contributed by atoms with Crippen molar-refractivity contribution in [1.29, 1.82) is 0 Å². The average Bonchev–Trinajstić information content (AvgIpc) is 0.747. The number of ether oxygens (including phenoxy) is 12. The fourth-order valence-electron chi connectivity index (χ4n) is 15.8. The number of primary amides is 1. The molecule has 7 rings (SSSR count). The Labute approximate surface area is 798 Å². The number of hydrogen-bond acceptors (Lipinski definition) is 33. The van der Waals surface area contributed by atoms with Crippen molar-refractivity contribution >= 4 is 108 Å². The Kier molecular flexibility index (Phi) is 48.4. The molecule has 0 unspecified atom stereocenters. The van der Waals surface area contributed by atoms with E-state index in [0.29, 0.717) is 86.9 Å². The van der Waals surface area contributed by atoms with Crippen LogP contribution in [0.2, 0.25) is 0 Å². The van der Waals surface area contributed by atoms with Crippen molar-refractivity contribution in [1.82, 2.24) is 58.2 Å². The monoisotopic (exact) mass is 2030 g/mol. The number of aliphatic hydroxyl groups excluding tert-OH is 5. The highest BCUT2D eigenvalue weighted by molar-refractivity contribution is 14.1. The summed E-state index contributed by atoms with van der Waals surface area (Å²) in [7, 11) is 9.81. The number of nitrogens with one attached hydrogen (secondary N) is 10. The largest absolute Gasteiger partial charge is 0.492 e. The first-order valence-corrected chi connectivity index (χ1v) is 49.2. The first kappa shape index (κ1) is 112. The lowest BCUT2D eigenvalue weighted by Crippen LogP contribution is -2.65. The summed E-state index contributed by atoms with van der Waals surface area (Å²) in [6, 6.07) is -5.27. The zero-order valence-electron chi connectivity index (χ0n) is 78.0. The summed E-state index contributed by atoms with van der Waals surface area (Å²) in [5, 5.41) is 96.6. The second-order valence-corrected chi connectivity index (χ2v) is 38.7. The molecule has 132 heavy (non-hydrogen) atoms. The van der Waals surface area contributed by atoms with Crippen molar-refractivity contribution in [3.8, 4) is 40.9 Å². The first-order chi connectivity index (χ1) is 63.0. The summed E-state index contributed by atoms with van der Waals surface area (Å²) in [6.07, 6.45) is -10.1. The van der Waals surface area contributed by atoms with Crippen LogP contribution in [0.25, 0.3) is 0 Å². The number of hydroxylamine groups is 1. The number of nitrogens with zero attached hydrogens (tertiary/aromatic N) is 1. The number of amides is 8. The van der Waals surface area contributed by atoms with Gasteiger partial charge in [0.25, 0.3) is 0 Å². The molecule has 2 aliphatic carbocycles. The quantitative estimate of drug-likeness (QED) is 0.00832. The molecule has 6 aliphatic rings. The third-order valence-electron chi connectivity index (χ3n) is 22.8. The summed E-state index contributed by atoms with van der Waals surface area (Å²) >= 11 is 2.24. The second kappa shape index (κ2) is 56.9. The molecule has 40 nitrogen and oxygen atoms in total. The molecule has 1 aromatic rings. The number of ketones is 1. The summed E-state index contributed by atoms with van der Waals surface area (Å²) in [6.45, 7) is 21.8. The van der Waals surface area contributed by atoms with Gasteiger partial charge in [-0.2, -0.15) is 16.8 Å². The minimum Gasteiger partial charge on any atom is -0.492 e. The molecular formula is C88H140IN13O27S3. The van der Waals surface area contributed by atoms with E-state index in [1.807, 2.05) is 48.3 Å². The van der Waals surface area contributed by atoms with Crippen molar-refractivity contribution < 1.29 is 131 Å². The lowest BCUT2D eigenvalue weighted by molar-refractivity contribution is -0.337. The van der Waals surface area contributed by atoms with E-state index in [0.717, 1.165) is 33.0 Å². The number of carbonyl (C=O) groups is 8. The van der Waals surface area contributed by atoms with Crippen LogP contribution < -0.4 is 79.0 Å². The summed E-state index contributed by atoms with van der Waals surface area (Å²) in [5.74, 6) is 8.87. The number of unbranched alkanes of at least 4 members (excludes halogenated alkanes) is 2. The SMILES string of the molecule is CCN(CC(=O)NCCCNCCCCNCCCNC(=O)[C@H](CCCNC(N)=O)NC(=O)[C@@H](NC(=O)[C@H](CCCCN)NC(C)=O)C(C)C)[C@H]1CO[C@@H](O[C@H]2[C@H](O[C@H]3C#CC=CC#C[C@]4(O)CC(=O)C(NC(=O)OC)=C3/C4=C\CSSC(C)C)O[C@H](C)[C@@H](NO[C@H]3C[C@H](O)[C@H]([SH]=C(O)c4c(C)c(I)c(O[C@@H]5O[C@@H](C)[C@H](O)[C@@H](OC)[C@H]5O)c(OC)c4OC)[C@@H](C)O3)[C@@H]2O)C[C@@H]1OC. The number of carbonyl (C=O) groups excluding carboxylic acids is 8. The molecule has 744 valence electrons. The number of rotatable bonds is 52. The van der Waals surface area contributed by atoms with Gasteiger partial charge < -0.3 is 141 Å². The lowest BCUT2D eigenvalue weighted by Gasteiger charge is -2.47. The van der Waals surface area contributed by atoms with Gasteiger partial charge in [-0.3, -0.25) is 43.8 Å². The predicted octanol–water partition coefficient (Wildman–Crippen LogP) is 1.35. The van der Waals surface area contributed by atoms with Crippen LogP contribution in [0.15, 0.2) is 35.1 Å². The number of nitrogens with two attached hydrogens (primary N) is 2. The number of Topliss-reactive ketones (excluding diaryl/α,β-unsaturated/α-hetero) is 1. The molecule has 8 amide bonds. The van der Waals surface area contributed by atoms with Crippen LogP contribution >= 0.6 is 55.5 Å². The van der Waals surface area contributed by atoms with Gasteiger partial charge in [-0.15, -0.1) is 0 Å². The Bertz CT molecular complexity index is 4200. The van der Waals surface area contributed by atoms with Crippen LogP contribution in [0.3, 0.4) is 0 Å². The van der Waals surface area contributed by atoms with Gasteiger partial charge in [-0.25, -0.2) is 9.59 Å². The Morgan fingerprint density at radius 3 is 2.02 bits per heavy atom. The highest BCUT2D eigenvalue weighted by atomic mass is 127. The van der Waals surface area contributed by atoms with Crippen LogP contribution in [0.5, 0.6) is 17.2 Å². The molecule has 0 saturated carbocycles. The number of hydrogen-bond donors (Lipinski definition) is 19. The molecule has 44 heteroatoms. The molecule has 22 atom stereocenters. The molecule has 0 aromatic heterocycles. The summed E-state index contributed by atoms with van der Waals surface area (Å²) in [4.78, 5) is 113. The summed E-state index contributed by atoms with van der Waals surface area (Å²) < 4.78 is 74.2. The molecule has 4 aliphatic heterocycles. The van der Waals surface area contributed by atoms with Gasteiger partial charge >= 0.3 is 12.1 Å². The Morgan fingerprint density at radius 2 is 1.39 bits per heavy atom. The van der Waals surface area contributed by atoms with Crippen LogP contribution in [-0.2, 0) is 76.2 Å². The van der Waals surface area contributed by atoms with Crippen LogP contribution in [0, 0.1) is 40.1 Å². The maximum absolute atomic E-state index is 14.4. The zero-order chi connectivity index (χ0) is 97.1. The average molecular weight is 2040 g/mol. The maximum atomic E-state index is 14.4. The fraction of sp³-hybridized carbons (Fsp3) is 0.716. The van der Waals surface area contributed by atoms with Gasteiger partial charge in [0, 0.05) is 75.8 Å². The Hall–Kier alpha value is -6.63. The predicted molar refractivity (Wildman–Crippen MR) is 505 cm³/mol. The highest BCUT2D eigenvalue weighted by Gasteiger charge is 2.53. The number of urea groups is 1. The molecule has 0 spiro atoms. The Morgan fingerprint density at radius 1 is 0.735 bits per heavy atom. The van der Waals surface area contributed by atoms with E-state index in [9.17, 15) is 69.0 Å². The van der Waals surface area contributed by atoms with Crippen molar-refractivity contribution in [2.75, 3.05) is 113 Å². The normalized spacial score (nSPS) is 27.7. The molecule has 0 radical (unpaired) electrons. The number of fused-ring (bicyclic) bond motifs is 2. The van der Waals surface area contributed by atoms with Gasteiger partial charge in [0.05, 0.1) is 104 Å². The van der Waals surface area contributed by atoms with Crippen LogP contribution in [-0.4, -0.2) is 340 Å². The van der Waals surface area contributed by atoms with Gasteiger partial charge in [-0.1, -0.05) is 86.0 Å². The van der Waals surface area contributed by atoms with E-state index in [1.165, 1.54) is 58.3 Å². The molecule has 2 bridgehead atoms. The number of likely N-dealkylation sites (N-methyl/N-ethyl adjacent to an activating group) is 1. The Balaban J connectivity index is 0.968. The van der Waals surface area contributed by atoms with Gasteiger partial charge in [0.15, 0.2) is 41.8 Å². The van der Waals surface area contributed by atoms with Crippen LogP contribution in [0.1, 0.15) is 150 Å². The number of halogens is 1. The third kappa shape index (κ3) is 33.1. The molecule has 4 heterocycles. The van der Waals surface area contributed by atoms with Gasteiger partial charge in [0.1, 0.15) is 59.8 Å². The van der Waals surface area contributed by atoms with E-state index in [4.69, 9.17) is 73.1 Å². The standard InChI is InChI=1S/C88H140IN13O27S3/c1-16-102(45-62(106)94-39-26-36-92-34-23-24-35-93-37-27-40-95-80(110)55(29-25-38-96-86(91)114)98-82(112)68(47(2)3)99-81(111)56(97-53(10)103)28-20-22-33-90)57-46-122-63(43-61(57)117-11)127-77-72(108)69(50(7)124-85(77)126-60-30-19-17-18-21-32-88(116)44-59(105)70(100-87(115)121-15)66(60)54(88)31-41-130-132-48(4)5)101-129-64-42-58(104)79(52(9)123-64)131-83(113)65-49(6)67(89)75(78(120-14)74(65)118-12)128-84-73(109)76(119-13)71(107)51(8)125-84/h17-18,31,47-48,50-52,55-58,60-61,63-64,68-69,71-73,76-77,79,84-85,92-93,101,104,107-109,113,116,131H,16,20,22-29,33-46,90H2,1-15H3,(H,94,106)(H,95,110)(H,97,103)(H,98,112)(H,99,111)(H,100,115)(H3,91,96,114)/b18-17?,54-31+/t50-,51+,52-,55+,56+,57+,58+,60+,61+,63+,64+,68+,69-,71+,72+,73-,76-,77-,79-,84+,85+,88+/m1/s1. The van der Waals surface area contributed by atoms with E-state index in [2.05, 4.69) is 77.0 Å². The van der Waals surface area contributed by atoms with Crippen LogP contribution in [0.4, 0.5) is 9.59 Å². The lowest BCUT2D eigenvalue weighted by atomic mass is 9.75. The number of allylic oxidation sites excluding steroid dienone is 3. The number of thiol groups is 1. The maximum Gasteiger partial charge on any atom is 0.411 e. The first-order valence-electron chi connectivity index (χ1n) is 44.8. The molecule has 4 saturated heterocycles. The van der Waals surface area contributed by atoms with Crippen molar-refractivity contribution in [3.05, 3.63) is 49.8 Å². The van der Waals surface area contributed by atoms with E-state index < -0.39 is 181 Å². The second-order valence-electron chi connectivity index (χ2n) is 33.3. The highest BCUT2D eigenvalue weighted by Crippen LogP contribution is 2.48. The van der Waals surface area contributed by atoms with Gasteiger partial charge in [-0.05, 0) is 171 Å². The molecule has 4 fully saturated rings. The van der Waals surface area contributed by atoms with Crippen molar-refractivity contribution in [2.24, 2.45) is 17.4 Å². The summed E-state index contributed by atoms with van der Waals surface area (Å²) in [5.41, 5.74) is 12.2. The van der Waals surface area contributed by atoms with E-state index >= 15 is 0 Å². The zero-order valence-corrected chi connectivity index (χ0v) is 82.7. The number of methoxy groups -OCH3 is 5. The minimum atomic E-state index is -2.13. The fourth-order valence-corrected chi connectivity index (χ4v) is 19.6. The third-order valence-corrected chi connectivity index (χ3v) is 28.5. The smallest absolute Gasteiger partial charge is 0.411 e. The molecule has 1 aromatic carbocycles. The van der Waals surface area contributed by atoms with Crippen molar-refractivity contribution in [3.63, 3.8) is 0 Å².